The number of hydrogen-bond acceptors (Lipinski definition) is 4. The van der Waals surface area contributed by atoms with Gasteiger partial charge in [0.1, 0.15) is 11.6 Å². The van der Waals surface area contributed by atoms with Crippen molar-refractivity contribution in [3.8, 4) is 5.75 Å². The number of carbonyl (C=O) groups is 2. The van der Waals surface area contributed by atoms with Crippen molar-refractivity contribution in [3.63, 3.8) is 0 Å². The predicted molar refractivity (Wildman–Crippen MR) is 87.7 cm³/mol. The highest BCUT2D eigenvalue weighted by molar-refractivity contribution is 6.32. The smallest absolute Gasteiger partial charge is 0.310 e. The molecule has 0 bridgehead atoms. The van der Waals surface area contributed by atoms with Crippen LogP contribution in [0.4, 0.5) is 10.1 Å². The van der Waals surface area contributed by atoms with E-state index < -0.39 is 24.3 Å². The molecular formula is C17H15ClFNO4. The Kier molecular flexibility index (Phi) is 6.14. The Morgan fingerprint density at radius 2 is 1.96 bits per heavy atom. The van der Waals surface area contributed by atoms with Crippen LogP contribution in [0.15, 0.2) is 42.5 Å². The van der Waals surface area contributed by atoms with Gasteiger partial charge in [0, 0.05) is 5.69 Å². The Bertz CT molecular complexity index is 751. The van der Waals surface area contributed by atoms with E-state index >= 15 is 0 Å². The fourth-order valence-electron chi connectivity index (χ4n) is 1.94. The minimum absolute atomic E-state index is 0.213. The highest BCUT2D eigenvalue weighted by Crippen LogP contribution is 2.27. The number of methoxy groups -OCH3 is 1. The molecule has 0 aliphatic rings. The fourth-order valence-corrected chi connectivity index (χ4v) is 2.19. The van der Waals surface area contributed by atoms with Crippen molar-refractivity contribution in [2.24, 2.45) is 0 Å². The molecular weight excluding hydrogens is 337 g/mol. The van der Waals surface area contributed by atoms with Gasteiger partial charge in [0.25, 0.3) is 5.91 Å². The number of hydrogen-bond donors (Lipinski definition) is 1. The summed E-state index contributed by atoms with van der Waals surface area (Å²) in [7, 11) is 1.48. The summed E-state index contributed by atoms with van der Waals surface area (Å²) in [5, 5.41) is 2.87. The van der Waals surface area contributed by atoms with E-state index in [4.69, 9.17) is 21.1 Å². The van der Waals surface area contributed by atoms with Crippen LogP contribution in [0.1, 0.15) is 5.56 Å². The molecule has 2 aromatic rings. The lowest BCUT2D eigenvalue weighted by molar-refractivity contribution is -0.146. The van der Waals surface area contributed by atoms with Crippen LogP contribution in [0.3, 0.4) is 0 Å². The standard InChI is InChI=1S/C17H15ClFNO4/c1-23-15-7-6-12(9-13(15)18)20-16(21)10-24-17(22)8-11-4-2-3-5-14(11)19/h2-7,9H,8,10H2,1H3,(H,20,21). The van der Waals surface area contributed by atoms with E-state index in [0.29, 0.717) is 16.5 Å². The van der Waals surface area contributed by atoms with Crippen molar-refractivity contribution >= 4 is 29.2 Å². The summed E-state index contributed by atoms with van der Waals surface area (Å²) in [4.78, 5) is 23.4. The van der Waals surface area contributed by atoms with Gasteiger partial charge in [-0.3, -0.25) is 9.59 Å². The van der Waals surface area contributed by atoms with Gasteiger partial charge >= 0.3 is 5.97 Å². The number of carbonyl (C=O) groups excluding carboxylic acids is 2. The summed E-state index contributed by atoms with van der Waals surface area (Å²) in [5.74, 6) is -1.24. The number of esters is 1. The van der Waals surface area contributed by atoms with Gasteiger partial charge in [-0.05, 0) is 29.8 Å². The molecule has 0 aliphatic carbocycles. The van der Waals surface area contributed by atoms with Gasteiger partial charge in [-0.25, -0.2) is 4.39 Å². The summed E-state index contributed by atoms with van der Waals surface area (Å²) in [6.45, 7) is -0.475. The second kappa shape index (κ2) is 8.31. The van der Waals surface area contributed by atoms with Gasteiger partial charge in [-0.15, -0.1) is 0 Å². The highest BCUT2D eigenvalue weighted by atomic mass is 35.5. The van der Waals surface area contributed by atoms with Crippen molar-refractivity contribution in [2.75, 3.05) is 19.0 Å². The number of ether oxygens (including phenoxy) is 2. The zero-order chi connectivity index (χ0) is 17.5. The Labute approximate surface area is 143 Å². The van der Waals surface area contributed by atoms with Crippen LogP contribution in [0.2, 0.25) is 5.02 Å². The predicted octanol–water partition coefficient (Wildman–Crippen LogP) is 3.21. The van der Waals surface area contributed by atoms with Crippen molar-refractivity contribution in [2.45, 2.75) is 6.42 Å². The average molecular weight is 352 g/mol. The van der Waals surface area contributed by atoms with Gasteiger partial charge in [0.15, 0.2) is 6.61 Å². The summed E-state index contributed by atoms with van der Waals surface area (Å²) in [6.07, 6.45) is -0.242. The molecule has 1 N–H and O–H groups in total. The first-order chi connectivity index (χ1) is 11.5. The van der Waals surface area contributed by atoms with Crippen molar-refractivity contribution in [1.29, 1.82) is 0 Å². The normalized spacial score (nSPS) is 10.1. The first-order valence-corrected chi connectivity index (χ1v) is 7.40. The minimum Gasteiger partial charge on any atom is -0.495 e. The van der Waals surface area contributed by atoms with Gasteiger partial charge in [-0.2, -0.15) is 0 Å². The second-order valence-electron chi connectivity index (χ2n) is 4.83. The van der Waals surface area contributed by atoms with E-state index in [-0.39, 0.29) is 12.0 Å². The van der Waals surface area contributed by atoms with Crippen molar-refractivity contribution in [3.05, 3.63) is 58.9 Å². The summed E-state index contributed by atoms with van der Waals surface area (Å²) in [6, 6.07) is 10.6. The molecule has 2 aromatic carbocycles. The van der Waals surface area contributed by atoms with E-state index in [1.165, 1.54) is 31.4 Å². The first-order valence-electron chi connectivity index (χ1n) is 7.02. The van der Waals surface area contributed by atoms with Crippen LogP contribution in [0.25, 0.3) is 0 Å². The topological polar surface area (TPSA) is 64.6 Å². The van der Waals surface area contributed by atoms with E-state index in [0.717, 1.165) is 0 Å². The molecule has 0 aliphatic heterocycles. The summed E-state index contributed by atoms with van der Waals surface area (Å²) in [5.41, 5.74) is 0.654. The molecule has 0 radical (unpaired) electrons. The van der Waals surface area contributed by atoms with Crippen LogP contribution in [-0.4, -0.2) is 25.6 Å². The minimum atomic E-state index is -0.692. The molecule has 0 saturated heterocycles. The maximum atomic E-state index is 13.4. The third-order valence-corrected chi connectivity index (χ3v) is 3.39. The number of amides is 1. The zero-order valence-corrected chi connectivity index (χ0v) is 13.6. The van der Waals surface area contributed by atoms with E-state index in [1.54, 1.807) is 18.2 Å². The highest BCUT2D eigenvalue weighted by Gasteiger charge is 2.12. The molecule has 2 rings (SSSR count). The maximum Gasteiger partial charge on any atom is 0.310 e. The third-order valence-electron chi connectivity index (χ3n) is 3.09. The molecule has 0 heterocycles. The monoisotopic (exact) mass is 351 g/mol. The maximum absolute atomic E-state index is 13.4. The van der Waals surface area contributed by atoms with Gasteiger partial charge < -0.3 is 14.8 Å². The molecule has 7 heteroatoms. The Balaban J connectivity index is 1.83. The van der Waals surface area contributed by atoms with E-state index in [2.05, 4.69) is 5.32 Å². The lowest BCUT2D eigenvalue weighted by atomic mass is 10.1. The Hall–Kier alpha value is -2.60. The van der Waals surface area contributed by atoms with Gasteiger partial charge in [0.2, 0.25) is 0 Å². The second-order valence-corrected chi connectivity index (χ2v) is 5.23. The van der Waals surface area contributed by atoms with Gasteiger partial charge in [0.05, 0.1) is 18.6 Å². The lowest BCUT2D eigenvalue weighted by Gasteiger charge is -2.09. The summed E-state index contributed by atoms with van der Waals surface area (Å²) < 4.78 is 23.3. The van der Waals surface area contributed by atoms with E-state index in [1.807, 2.05) is 0 Å². The molecule has 1 amide bonds. The zero-order valence-electron chi connectivity index (χ0n) is 12.8. The summed E-state index contributed by atoms with van der Waals surface area (Å²) >= 11 is 5.95. The van der Waals surface area contributed by atoms with Crippen LogP contribution < -0.4 is 10.1 Å². The first kappa shape index (κ1) is 17.7. The molecule has 0 unspecified atom stereocenters. The van der Waals surface area contributed by atoms with Crippen molar-refractivity contribution < 1.29 is 23.5 Å². The molecule has 0 aromatic heterocycles. The average Bonchev–Trinajstić information content (AvgIpc) is 2.55. The molecule has 24 heavy (non-hydrogen) atoms. The van der Waals surface area contributed by atoms with Crippen molar-refractivity contribution in [1.82, 2.24) is 0 Å². The Morgan fingerprint density at radius 1 is 1.21 bits per heavy atom. The number of halogens is 2. The molecule has 0 saturated carbocycles. The van der Waals surface area contributed by atoms with E-state index in [9.17, 15) is 14.0 Å². The van der Waals surface area contributed by atoms with Crippen LogP contribution in [0.5, 0.6) is 5.75 Å². The SMILES string of the molecule is COc1ccc(NC(=O)COC(=O)Cc2ccccc2F)cc1Cl. The third kappa shape index (κ3) is 4.96. The molecule has 0 spiro atoms. The molecule has 126 valence electrons. The van der Waals surface area contributed by atoms with Gasteiger partial charge in [-0.1, -0.05) is 29.8 Å². The number of rotatable bonds is 6. The fraction of sp³-hybridized carbons (Fsp3) is 0.176. The Morgan fingerprint density at radius 3 is 2.62 bits per heavy atom. The van der Waals surface area contributed by atoms with Crippen LogP contribution >= 0.6 is 11.6 Å². The number of nitrogens with one attached hydrogen (secondary N) is 1. The molecule has 0 atom stereocenters. The lowest BCUT2D eigenvalue weighted by Crippen LogP contribution is -2.21. The number of anilines is 1. The largest absolute Gasteiger partial charge is 0.495 e. The molecule has 5 nitrogen and oxygen atoms in total. The quantitative estimate of drug-likeness (QED) is 0.812. The number of benzene rings is 2. The van der Waals surface area contributed by atoms with Crippen LogP contribution in [0, 0.1) is 5.82 Å². The van der Waals surface area contributed by atoms with Crippen LogP contribution in [-0.2, 0) is 20.7 Å². The molecule has 0 fully saturated rings.